The third kappa shape index (κ3) is 4.94. The molecule has 1 aliphatic carbocycles. The Morgan fingerprint density at radius 2 is 1.55 bits per heavy atom. The van der Waals surface area contributed by atoms with Gasteiger partial charge in [-0.2, -0.15) is 0 Å². The van der Waals surface area contributed by atoms with Gasteiger partial charge in [-0.3, -0.25) is 14.5 Å². The maximum absolute atomic E-state index is 14.2. The van der Waals surface area contributed by atoms with Crippen LogP contribution in [0, 0.1) is 11.3 Å². The van der Waals surface area contributed by atoms with Gasteiger partial charge < -0.3 is 20.1 Å². The minimum Gasteiger partial charge on any atom is -0.481 e. The highest BCUT2D eigenvalue weighted by atomic mass is 16.5. The van der Waals surface area contributed by atoms with Gasteiger partial charge in [0.25, 0.3) is 0 Å². The summed E-state index contributed by atoms with van der Waals surface area (Å²) < 4.78 is 5.86. The van der Waals surface area contributed by atoms with Crippen molar-refractivity contribution in [3.05, 3.63) is 95.6 Å². The molecule has 0 aromatic heterocycles. The number of alkyl carbamates (subject to hydrolysis) is 1. The molecule has 8 nitrogen and oxygen atoms in total. The molecule has 0 spiro atoms. The number of carbonyl (C=O) groups is 3. The number of hydrogen-bond donors (Lipinski definition) is 2. The van der Waals surface area contributed by atoms with Crippen molar-refractivity contribution in [1.29, 1.82) is 0 Å². The number of carboxylic acid groups (broad SMARTS) is 1. The fourth-order valence-corrected chi connectivity index (χ4v) is 6.91. The molecule has 0 bridgehead atoms. The van der Waals surface area contributed by atoms with Gasteiger partial charge in [0, 0.05) is 38.6 Å². The third-order valence-electron chi connectivity index (χ3n) is 9.57. The molecule has 2 aliphatic heterocycles. The van der Waals surface area contributed by atoms with E-state index < -0.39 is 23.0 Å². The standard InChI is InChI=1S/C34H37N3O5/c1-23-18-37(21-33(23,2)31(39)40)30(38)34(16-17-36(22-34)19-24-10-4-3-5-11-24)35-32(41)42-20-29-27-14-8-6-12-25(27)26-13-7-9-15-28(26)29/h3-15,23,29H,16-22H2,1-2H3,(H,35,41)(H,39,40)/t23-,33-,34?/m0/s1. The Labute approximate surface area is 246 Å². The summed E-state index contributed by atoms with van der Waals surface area (Å²) in [5.74, 6) is -1.47. The molecule has 2 heterocycles. The molecule has 42 heavy (non-hydrogen) atoms. The van der Waals surface area contributed by atoms with Gasteiger partial charge in [0.1, 0.15) is 12.1 Å². The molecule has 0 saturated carbocycles. The van der Waals surface area contributed by atoms with Gasteiger partial charge in [0.05, 0.1) is 5.41 Å². The van der Waals surface area contributed by atoms with Gasteiger partial charge >= 0.3 is 12.1 Å². The SMILES string of the molecule is C[C@H]1CN(C(=O)C2(NC(=O)OCC3c4ccccc4-c4ccccc43)CCN(Cc3ccccc3)C2)C[C@]1(C)C(=O)O. The van der Waals surface area contributed by atoms with Crippen molar-refractivity contribution in [1.82, 2.24) is 15.1 Å². The summed E-state index contributed by atoms with van der Waals surface area (Å²) in [6, 6.07) is 26.3. The predicted molar refractivity (Wildman–Crippen MR) is 159 cm³/mol. The Kier molecular flexibility index (Phi) is 7.27. The number of carbonyl (C=O) groups excluding carboxylic acids is 2. The largest absolute Gasteiger partial charge is 0.481 e. The molecular formula is C34H37N3O5. The highest BCUT2D eigenvalue weighted by Gasteiger charge is 2.54. The van der Waals surface area contributed by atoms with Crippen molar-refractivity contribution >= 4 is 18.0 Å². The van der Waals surface area contributed by atoms with Gasteiger partial charge in [-0.1, -0.05) is 85.8 Å². The summed E-state index contributed by atoms with van der Waals surface area (Å²) >= 11 is 0. The fourth-order valence-electron chi connectivity index (χ4n) is 6.91. The number of hydrogen-bond acceptors (Lipinski definition) is 5. The van der Waals surface area contributed by atoms with E-state index in [-0.39, 0.29) is 30.9 Å². The molecule has 6 rings (SSSR count). The first-order valence-corrected chi connectivity index (χ1v) is 14.6. The number of carboxylic acids is 1. The second-order valence-corrected chi connectivity index (χ2v) is 12.3. The molecule has 218 valence electrons. The van der Waals surface area contributed by atoms with E-state index >= 15 is 0 Å². The first-order valence-electron chi connectivity index (χ1n) is 14.6. The molecule has 2 saturated heterocycles. The fraction of sp³-hybridized carbons (Fsp3) is 0.382. The number of benzene rings is 3. The Morgan fingerprint density at radius 3 is 2.17 bits per heavy atom. The van der Waals surface area contributed by atoms with Crippen molar-refractivity contribution in [3.8, 4) is 11.1 Å². The van der Waals surface area contributed by atoms with E-state index in [4.69, 9.17) is 4.74 Å². The molecule has 8 heteroatoms. The highest BCUT2D eigenvalue weighted by Crippen LogP contribution is 2.44. The first kappa shape index (κ1) is 28.0. The van der Waals surface area contributed by atoms with Crippen LogP contribution < -0.4 is 5.32 Å². The van der Waals surface area contributed by atoms with E-state index in [1.54, 1.807) is 11.8 Å². The van der Waals surface area contributed by atoms with E-state index in [1.807, 2.05) is 61.5 Å². The zero-order valence-electron chi connectivity index (χ0n) is 24.1. The van der Waals surface area contributed by atoms with Crippen LogP contribution in [-0.2, 0) is 20.9 Å². The molecule has 3 aromatic rings. The lowest BCUT2D eigenvalue weighted by atomic mass is 9.81. The summed E-state index contributed by atoms with van der Waals surface area (Å²) in [5, 5.41) is 12.9. The summed E-state index contributed by atoms with van der Waals surface area (Å²) in [6.07, 6.45) is -0.225. The van der Waals surface area contributed by atoms with Gasteiger partial charge in [-0.05, 0) is 47.1 Å². The van der Waals surface area contributed by atoms with Crippen molar-refractivity contribution in [2.24, 2.45) is 11.3 Å². The van der Waals surface area contributed by atoms with Gasteiger partial charge in [-0.25, -0.2) is 4.79 Å². The van der Waals surface area contributed by atoms with Crippen molar-refractivity contribution < 1.29 is 24.2 Å². The Bertz CT molecular complexity index is 1460. The lowest BCUT2D eigenvalue weighted by Crippen LogP contribution is -2.61. The molecular weight excluding hydrogens is 530 g/mol. The number of ether oxygens (including phenoxy) is 1. The third-order valence-corrected chi connectivity index (χ3v) is 9.57. The zero-order valence-corrected chi connectivity index (χ0v) is 24.1. The molecule has 0 radical (unpaired) electrons. The van der Waals surface area contributed by atoms with E-state index in [0.717, 1.165) is 27.8 Å². The molecule has 2 N–H and O–H groups in total. The maximum Gasteiger partial charge on any atom is 0.408 e. The Hall–Kier alpha value is -4.17. The average molecular weight is 568 g/mol. The second kappa shape index (κ2) is 10.9. The molecule has 2 amide bonds. The minimum absolute atomic E-state index is 0.0938. The van der Waals surface area contributed by atoms with Crippen LogP contribution >= 0.6 is 0 Å². The minimum atomic E-state index is -1.21. The first-order chi connectivity index (χ1) is 20.2. The number of amides is 2. The van der Waals surface area contributed by atoms with Crippen LogP contribution in [0.4, 0.5) is 4.79 Å². The number of rotatable bonds is 7. The van der Waals surface area contributed by atoms with Crippen LogP contribution in [0.25, 0.3) is 11.1 Å². The highest BCUT2D eigenvalue weighted by molar-refractivity contribution is 5.92. The van der Waals surface area contributed by atoms with Crippen LogP contribution in [0.2, 0.25) is 0 Å². The Morgan fingerprint density at radius 1 is 0.929 bits per heavy atom. The topological polar surface area (TPSA) is 99.2 Å². The lowest BCUT2D eigenvalue weighted by Gasteiger charge is -2.33. The van der Waals surface area contributed by atoms with Gasteiger partial charge in [0.15, 0.2) is 0 Å². The van der Waals surface area contributed by atoms with Crippen LogP contribution in [0.1, 0.15) is 42.9 Å². The number of likely N-dealkylation sites (tertiary alicyclic amines) is 2. The number of fused-ring (bicyclic) bond motifs is 3. The average Bonchev–Trinajstić information content (AvgIpc) is 3.64. The van der Waals surface area contributed by atoms with Crippen molar-refractivity contribution in [3.63, 3.8) is 0 Å². The van der Waals surface area contributed by atoms with Crippen molar-refractivity contribution in [2.45, 2.75) is 38.3 Å². The number of nitrogens with zero attached hydrogens (tertiary/aromatic N) is 2. The summed E-state index contributed by atoms with van der Waals surface area (Å²) in [4.78, 5) is 43.5. The number of nitrogens with one attached hydrogen (secondary N) is 1. The quantitative estimate of drug-likeness (QED) is 0.428. The molecule has 3 aromatic carbocycles. The smallest absolute Gasteiger partial charge is 0.408 e. The molecule has 3 atom stereocenters. The van der Waals surface area contributed by atoms with Crippen LogP contribution in [0.15, 0.2) is 78.9 Å². The summed E-state index contributed by atoms with van der Waals surface area (Å²) in [6.45, 7) is 5.72. The predicted octanol–water partition coefficient (Wildman–Crippen LogP) is 4.74. The summed E-state index contributed by atoms with van der Waals surface area (Å²) in [7, 11) is 0. The normalized spacial score (nSPS) is 25.2. The second-order valence-electron chi connectivity index (χ2n) is 12.3. The maximum atomic E-state index is 14.2. The van der Waals surface area contributed by atoms with Crippen LogP contribution in [-0.4, -0.2) is 71.2 Å². The van der Waals surface area contributed by atoms with Gasteiger partial charge in [0.2, 0.25) is 5.91 Å². The van der Waals surface area contributed by atoms with E-state index in [9.17, 15) is 19.5 Å². The van der Waals surface area contributed by atoms with Crippen LogP contribution in [0.3, 0.4) is 0 Å². The lowest BCUT2D eigenvalue weighted by molar-refractivity contribution is -0.149. The number of aliphatic carboxylic acids is 1. The summed E-state index contributed by atoms with van der Waals surface area (Å²) in [5.41, 5.74) is 3.40. The molecule has 3 aliphatic rings. The monoisotopic (exact) mass is 567 g/mol. The van der Waals surface area contributed by atoms with Crippen LogP contribution in [0.5, 0.6) is 0 Å². The zero-order chi connectivity index (χ0) is 29.5. The molecule has 2 fully saturated rings. The van der Waals surface area contributed by atoms with Crippen molar-refractivity contribution in [2.75, 3.05) is 32.8 Å². The Balaban J connectivity index is 1.21. The molecule has 1 unspecified atom stereocenters. The van der Waals surface area contributed by atoms with E-state index in [0.29, 0.717) is 32.6 Å². The van der Waals surface area contributed by atoms with Gasteiger partial charge in [-0.15, -0.1) is 0 Å². The van der Waals surface area contributed by atoms with E-state index in [2.05, 4.69) is 34.5 Å². The van der Waals surface area contributed by atoms with E-state index in [1.165, 1.54) is 0 Å².